The maximum atomic E-state index is 11.8. The number of esters is 1. The number of halogens is 1. The van der Waals surface area contributed by atoms with E-state index >= 15 is 0 Å². The summed E-state index contributed by atoms with van der Waals surface area (Å²) in [5, 5.41) is 7.33. The highest BCUT2D eigenvalue weighted by Crippen LogP contribution is 2.34. The first-order valence-corrected chi connectivity index (χ1v) is 7.49. The zero-order valence-electron chi connectivity index (χ0n) is 11.7. The third-order valence-electron chi connectivity index (χ3n) is 3.04. The van der Waals surface area contributed by atoms with E-state index in [2.05, 4.69) is 39.7 Å². The smallest absolute Gasteiger partial charge is 0.331 e. The van der Waals surface area contributed by atoms with Gasteiger partial charge in [-0.3, -0.25) is 5.10 Å². The van der Waals surface area contributed by atoms with E-state index in [4.69, 9.17) is 4.74 Å². The topological polar surface area (TPSA) is 55.0 Å². The fourth-order valence-corrected chi connectivity index (χ4v) is 2.94. The summed E-state index contributed by atoms with van der Waals surface area (Å²) in [6, 6.07) is 0. The maximum Gasteiger partial charge on any atom is 0.331 e. The summed E-state index contributed by atoms with van der Waals surface area (Å²) in [5.41, 5.74) is 3.09. The molecule has 0 amide bonds. The van der Waals surface area contributed by atoms with Gasteiger partial charge in [0.15, 0.2) is 0 Å². The van der Waals surface area contributed by atoms with Crippen LogP contribution in [0.3, 0.4) is 0 Å². The highest BCUT2D eigenvalue weighted by atomic mass is 127. The molecule has 1 atom stereocenters. The van der Waals surface area contributed by atoms with Crippen molar-refractivity contribution in [2.75, 3.05) is 0 Å². The van der Waals surface area contributed by atoms with Gasteiger partial charge in [0.2, 0.25) is 0 Å². The molecular weight excluding hydrogens is 355 g/mol. The predicted octanol–water partition coefficient (Wildman–Crippen LogP) is 3.33. The average molecular weight is 374 g/mol. The second-order valence-electron chi connectivity index (χ2n) is 6.02. The molecule has 1 aromatic heterocycles. The molecule has 1 aliphatic rings. The van der Waals surface area contributed by atoms with Crippen LogP contribution in [-0.2, 0) is 16.0 Å². The monoisotopic (exact) mass is 374 g/mol. The van der Waals surface area contributed by atoms with E-state index < -0.39 is 5.60 Å². The molecule has 0 saturated heterocycles. The number of H-pyrrole nitrogens is 1. The van der Waals surface area contributed by atoms with Gasteiger partial charge in [-0.1, -0.05) is 12.5 Å². The molecule has 0 radical (unpaired) electrons. The Balaban J connectivity index is 2.16. The second kappa shape index (κ2) is 5.26. The number of carbonyl (C=O) groups excluding carboxylic acids is 1. The van der Waals surface area contributed by atoms with Crippen molar-refractivity contribution in [2.45, 2.75) is 52.1 Å². The molecule has 0 saturated carbocycles. The summed E-state index contributed by atoms with van der Waals surface area (Å²) in [5.74, 6) is 0.116. The minimum absolute atomic E-state index is 0.253. The molecule has 1 N–H and O–H groups in total. The molecule has 104 valence electrons. The molecule has 0 bridgehead atoms. The fraction of sp³-hybridized carbons (Fsp3) is 0.571. The number of fused-ring (bicyclic) bond motifs is 1. The summed E-state index contributed by atoms with van der Waals surface area (Å²) >= 11 is 2.23. The van der Waals surface area contributed by atoms with Gasteiger partial charge >= 0.3 is 5.97 Å². The van der Waals surface area contributed by atoms with Gasteiger partial charge in [0.25, 0.3) is 0 Å². The largest absolute Gasteiger partial charge is 0.457 e. The van der Waals surface area contributed by atoms with Crippen LogP contribution in [0.5, 0.6) is 0 Å². The summed E-state index contributed by atoms with van der Waals surface area (Å²) < 4.78 is 6.33. The number of nitrogens with one attached hydrogen (secondary N) is 1. The minimum Gasteiger partial charge on any atom is -0.457 e. The third-order valence-corrected chi connectivity index (χ3v) is 3.93. The Kier molecular flexibility index (Phi) is 4.03. The predicted molar refractivity (Wildman–Crippen MR) is 82.0 cm³/mol. The first kappa shape index (κ1) is 14.6. The first-order chi connectivity index (χ1) is 8.76. The van der Waals surface area contributed by atoms with Gasteiger partial charge in [-0.2, -0.15) is 5.10 Å². The van der Waals surface area contributed by atoms with Crippen LogP contribution in [0, 0.1) is 3.70 Å². The van der Waals surface area contributed by atoms with Crippen LogP contribution in [0.1, 0.15) is 51.3 Å². The molecule has 0 fully saturated rings. The number of hydrogen-bond donors (Lipinski definition) is 1. The lowest BCUT2D eigenvalue weighted by Crippen LogP contribution is -2.23. The number of aromatic nitrogens is 2. The number of hydrogen-bond acceptors (Lipinski definition) is 3. The van der Waals surface area contributed by atoms with Crippen molar-refractivity contribution in [3.05, 3.63) is 26.6 Å². The molecule has 4 nitrogen and oxygen atoms in total. The van der Waals surface area contributed by atoms with E-state index in [1.165, 1.54) is 11.3 Å². The van der Waals surface area contributed by atoms with Gasteiger partial charge in [-0.15, -0.1) is 0 Å². The van der Waals surface area contributed by atoms with Crippen LogP contribution in [0.2, 0.25) is 0 Å². The van der Waals surface area contributed by atoms with Crippen LogP contribution in [0.25, 0.3) is 0 Å². The highest BCUT2D eigenvalue weighted by Gasteiger charge is 2.25. The molecule has 1 aromatic rings. The lowest BCUT2D eigenvalue weighted by atomic mass is 9.85. The van der Waals surface area contributed by atoms with Crippen molar-refractivity contribution in [1.29, 1.82) is 0 Å². The first-order valence-electron chi connectivity index (χ1n) is 6.41. The zero-order valence-corrected chi connectivity index (χ0v) is 13.9. The molecule has 0 spiro atoms. The Morgan fingerprint density at radius 3 is 2.84 bits per heavy atom. The van der Waals surface area contributed by atoms with Crippen molar-refractivity contribution in [3.63, 3.8) is 0 Å². The number of allylic oxidation sites excluding steroid dienone is 1. The number of carbonyl (C=O) groups is 1. The summed E-state index contributed by atoms with van der Waals surface area (Å²) in [6.45, 7) is 7.78. The summed E-state index contributed by atoms with van der Waals surface area (Å²) in [6.07, 6.45) is 3.31. The number of rotatable bonds is 1. The molecule has 1 heterocycles. The Bertz CT molecular complexity index is 526. The van der Waals surface area contributed by atoms with Crippen molar-refractivity contribution in [1.82, 2.24) is 10.2 Å². The molecule has 0 aliphatic heterocycles. The summed E-state index contributed by atoms with van der Waals surface area (Å²) in [4.78, 5) is 11.8. The van der Waals surface area contributed by atoms with E-state index in [9.17, 15) is 4.79 Å². The van der Waals surface area contributed by atoms with Crippen LogP contribution in [-0.4, -0.2) is 21.8 Å². The molecule has 5 heteroatoms. The van der Waals surface area contributed by atoms with E-state index in [0.717, 1.165) is 22.1 Å². The van der Waals surface area contributed by atoms with Gasteiger partial charge in [0, 0.05) is 23.3 Å². The highest BCUT2D eigenvalue weighted by molar-refractivity contribution is 14.1. The Morgan fingerprint density at radius 2 is 2.21 bits per heavy atom. The van der Waals surface area contributed by atoms with Crippen molar-refractivity contribution >= 4 is 28.6 Å². The Morgan fingerprint density at radius 1 is 1.53 bits per heavy atom. The van der Waals surface area contributed by atoms with Crippen molar-refractivity contribution in [3.8, 4) is 0 Å². The second-order valence-corrected chi connectivity index (χ2v) is 7.05. The van der Waals surface area contributed by atoms with Crippen LogP contribution in [0.4, 0.5) is 0 Å². The number of ether oxygens (including phenoxy) is 1. The van der Waals surface area contributed by atoms with Gasteiger partial charge in [-0.05, 0) is 56.2 Å². The van der Waals surface area contributed by atoms with Crippen LogP contribution < -0.4 is 0 Å². The zero-order chi connectivity index (χ0) is 14.2. The van der Waals surface area contributed by atoms with E-state index in [1.54, 1.807) is 6.08 Å². The lowest BCUT2D eigenvalue weighted by molar-refractivity contribution is -0.148. The van der Waals surface area contributed by atoms with Gasteiger partial charge in [0.05, 0.1) is 0 Å². The SMILES string of the molecule is CC1C/C(=C/C(=O)OC(C)(C)C)Cc2c(I)n[nH]c21. The van der Waals surface area contributed by atoms with Crippen LogP contribution >= 0.6 is 22.6 Å². The van der Waals surface area contributed by atoms with E-state index in [0.29, 0.717) is 5.92 Å². The summed E-state index contributed by atoms with van der Waals surface area (Å²) in [7, 11) is 0. The number of aromatic amines is 1. The molecule has 0 aromatic carbocycles. The van der Waals surface area contributed by atoms with E-state index in [-0.39, 0.29) is 5.97 Å². The standard InChI is InChI=1S/C14H19IN2O2/c1-8-5-9(7-11(18)19-14(2,3)4)6-10-12(8)16-17-13(10)15/h7-8H,5-6H2,1-4H3,(H,16,17)/b9-7-. The molecule has 2 rings (SSSR count). The number of nitrogens with zero attached hydrogens (tertiary/aromatic N) is 1. The normalized spacial score (nSPS) is 21.3. The Hall–Kier alpha value is -0.850. The molecule has 1 aliphatic carbocycles. The van der Waals surface area contributed by atoms with Gasteiger partial charge in [0.1, 0.15) is 9.30 Å². The van der Waals surface area contributed by atoms with Gasteiger partial charge in [-0.25, -0.2) is 4.79 Å². The molecular formula is C14H19IN2O2. The van der Waals surface area contributed by atoms with Crippen LogP contribution in [0.15, 0.2) is 11.6 Å². The maximum absolute atomic E-state index is 11.8. The minimum atomic E-state index is -0.441. The molecule has 1 unspecified atom stereocenters. The molecule has 19 heavy (non-hydrogen) atoms. The lowest BCUT2D eigenvalue weighted by Gasteiger charge is -2.22. The fourth-order valence-electron chi connectivity index (χ4n) is 2.33. The average Bonchev–Trinajstić information content (AvgIpc) is 2.58. The van der Waals surface area contributed by atoms with Gasteiger partial charge < -0.3 is 4.74 Å². The Labute approximate surface area is 127 Å². The quantitative estimate of drug-likeness (QED) is 0.466. The van der Waals surface area contributed by atoms with Crippen molar-refractivity contribution in [2.24, 2.45) is 0 Å². The van der Waals surface area contributed by atoms with E-state index in [1.807, 2.05) is 20.8 Å². The third kappa shape index (κ3) is 3.58. The van der Waals surface area contributed by atoms with Crippen molar-refractivity contribution < 1.29 is 9.53 Å².